The molecule has 1 fully saturated rings. The number of aliphatic carboxylic acids is 1. The average Bonchev–Trinajstić information content (AvgIpc) is 3.28. The second kappa shape index (κ2) is 6.99. The molecule has 28 heavy (non-hydrogen) atoms. The number of nitrogens with zero attached hydrogens (tertiary/aromatic N) is 2. The number of carbonyl (C=O) groups excluding carboxylic acids is 2. The molecule has 0 spiro atoms. The number of hydrogen-bond acceptors (Lipinski definition) is 4. The molecule has 2 aliphatic rings. The second-order valence-corrected chi connectivity index (χ2v) is 6.98. The lowest BCUT2D eigenvalue weighted by atomic mass is 10.0. The van der Waals surface area contributed by atoms with Crippen molar-refractivity contribution in [1.29, 1.82) is 0 Å². The monoisotopic (exact) mass is 380 g/mol. The van der Waals surface area contributed by atoms with Crippen LogP contribution in [0.15, 0.2) is 48.5 Å². The number of para-hydroxylation sites is 3. The Bertz CT molecular complexity index is 957. The molecular formula is C21H20N2O5. The molecule has 0 radical (unpaired) electrons. The van der Waals surface area contributed by atoms with Crippen LogP contribution in [0.4, 0.5) is 11.4 Å². The van der Waals surface area contributed by atoms with Crippen molar-refractivity contribution < 1.29 is 24.2 Å². The number of anilines is 2. The van der Waals surface area contributed by atoms with E-state index in [9.17, 15) is 19.5 Å². The summed E-state index contributed by atoms with van der Waals surface area (Å²) in [4.78, 5) is 40.5. The lowest BCUT2D eigenvalue weighted by Gasteiger charge is -2.22. The van der Waals surface area contributed by atoms with Gasteiger partial charge in [-0.1, -0.05) is 30.3 Å². The van der Waals surface area contributed by atoms with Crippen LogP contribution >= 0.6 is 0 Å². The minimum Gasteiger partial charge on any atom is -0.495 e. The normalized spacial score (nSPS) is 21.0. The Kier molecular flexibility index (Phi) is 4.50. The highest BCUT2D eigenvalue weighted by molar-refractivity contribution is 6.06. The van der Waals surface area contributed by atoms with E-state index in [1.54, 1.807) is 41.3 Å². The van der Waals surface area contributed by atoms with Gasteiger partial charge >= 0.3 is 5.97 Å². The van der Waals surface area contributed by atoms with Gasteiger partial charge in [0, 0.05) is 25.2 Å². The van der Waals surface area contributed by atoms with Crippen LogP contribution in [0.25, 0.3) is 0 Å². The standard InChI is InChI=1S/C21H20N2O5/c1-28-18-9-5-4-8-17(18)22-11-13(10-19(22)24)20(25)23-12-15(21(26)27)14-6-2-3-7-16(14)23/h2-9,13,15H,10-12H2,1H3,(H,26,27). The summed E-state index contributed by atoms with van der Waals surface area (Å²) in [6.45, 7) is 0.335. The highest BCUT2D eigenvalue weighted by Gasteiger charge is 2.43. The zero-order valence-electron chi connectivity index (χ0n) is 15.4. The van der Waals surface area contributed by atoms with Gasteiger partial charge in [-0.15, -0.1) is 0 Å². The van der Waals surface area contributed by atoms with E-state index in [0.29, 0.717) is 22.7 Å². The number of carboxylic acids is 1. The molecule has 4 rings (SSSR count). The highest BCUT2D eigenvalue weighted by atomic mass is 16.5. The van der Waals surface area contributed by atoms with Crippen LogP contribution in [-0.4, -0.2) is 43.1 Å². The number of carboxylic acid groups (broad SMARTS) is 1. The van der Waals surface area contributed by atoms with Crippen molar-refractivity contribution in [2.45, 2.75) is 12.3 Å². The smallest absolute Gasteiger partial charge is 0.312 e. The Morgan fingerprint density at radius 3 is 2.43 bits per heavy atom. The lowest BCUT2D eigenvalue weighted by molar-refractivity contribution is -0.138. The highest BCUT2D eigenvalue weighted by Crippen LogP contribution is 2.39. The van der Waals surface area contributed by atoms with E-state index in [2.05, 4.69) is 0 Å². The minimum atomic E-state index is -0.958. The predicted octanol–water partition coefficient (Wildman–Crippen LogP) is 2.26. The van der Waals surface area contributed by atoms with E-state index in [-0.39, 0.29) is 31.3 Å². The van der Waals surface area contributed by atoms with Gasteiger partial charge in [0.1, 0.15) is 11.7 Å². The topological polar surface area (TPSA) is 87.2 Å². The van der Waals surface area contributed by atoms with Crippen LogP contribution in [0.1, 0.15) is 17.9 Å². The van der Waals surface area contributed by atoms with Crippen molar-refractivity contribution in [3.05, 3.63) is 54.1 Å². The number of benzene rings is 2. The van der Waals surface area contributed by atoms with Gasteiger partial charge in [0.2, 0.25) is 11.8 Å². The molecule has 1 N–H and O–H groups in total. The molecule has 7 nitrogen and oxygen atoms in total. The van der Waals surface area contributed by atoms with Crippen molar-refractivity contribution in [2.75, 3.05) is 30.0 Å². The third kappa shape index (κ3) is 2.89. The molecule has 0 aromatic heterocycles. The fourth-order valence-electron chi connectivity index (χ4n) is 4.01. The summed E-state index contributed by atoms with van der Waals surface area (Å²) in [5.41, 5.74) is 1.88. The van der Waals surface area contributed by atoms with Crippen LogP contribution in [0.2, 0.25) is 0 Å². The summed E-state index contributed by atoms with van der Waals surface area (Å²) < 4.78 is 5.33. The Hall–Kier alpha value is -3.35. The Morgan fingerprint density at radius 2 is 1.71 bits per heavy atom. The van der Waals surface area contributed by atoms with Crippen LogP contribution < -0.4 is 14.5 Å². The quantitative estimate of drug-likeness (QED) is 0.879. The lowest BCUT2D eigenvalue weighted by Crippen LogP contribution is -2.37. The van der Waals surface area contributed by atoms with Gasteiger partial charge < -0.3 is 19.6 Å². The first-order chi connectivity index (χ1) is 13.5. The van der Waals surface area contributed by atoms with E-state index < -0.39 is 17.8 Å². The van der Waals surface area contributed by atoms with Gasteiger partial charge in [-0.25, -0.2) is 0 Å². The molecule has 2 atom stereocenters. The van der Waals surface area contributed by atoms with E-state index >= 15 is 0 Å². The zero-order valence-corrected chi connectivity index (χ0v) is 15.4. The third-order valence-electron chi connectivity index (χ3n) is 5.38. The number of fused-ring (bicyclic) bond motifs is 1. The number of ether oxygens (including phenoxy) is 1. The summed E-state index contributed by atoms with van der Waals surface area (Å²) in [6.07, 6.45) is 0.0906. The first-order valence-corrected chi connectivity index (χ1v) is 9.07. The number of hydrogen-bond donors (Lipinski definition) is 1. The second-order valence-electron chi connectivity index (χ2n) is 6.98. The van der Waals surface area contributed by atoms with Gasteiger partial charge in [-0.3, -0.25) is 14.4 Å². The van der Waals surface area contributed by atoms with E-state index in [1.165, 1.54) is 12.0 Å². The SMILES string of the molecule is COc1ccccc1N1CC(C(=O)N2CC(C(=O)O)c3ccccc32)CC1=O. The van der Waals surface area contributed by atoms with Crippen LogP contribution in [0, 0.1) is 5.92 Å². The Labute approximate surface area is 162 Å². The van der Waals surface area contributed by atoms with Gasteiger partial charge in [0.25, 0.3) is 0 Å². The first-order valence-electron chi connectivity index (χ1n) is 9.07. The number of carbonyl (C=O) groups is 3. The minimum absolute atomic E-state index is 0.0901. The molecule has 2 aliphatic heterocycles. The molecule has 0 saturated carbocycles. The summed E-state index contributed by atoms with van der Waals surface area (Å²) in [7, 11) is 1.54. The van der Waals surface area contributed by atoms with Crippen LogP contribution in [0.3, 0.4) is 0 Å². The maximum Gasteiger partial charge on any atom is 0.312 e. The van der Waals surface area contributed by atoms with E-state index in [1.807, 2.05) is 12.1 Å². The molecule has 2 aromatic carbocycles. The van der Waals surface area contributed by atoms with Gasteiger partial charge in [0.05, 0.1) is 18.7 Å². The number of amides is 2. The Morgan fingerprint density at radius 1 is 1.04 bits per heavy atom. The van der Waals surface area contributed by atoms with Gasteiger partial charge in [-0.05, 0) is 23.8 Å². The molecule has 144 valence electrons. The number of methoxy groups -OCH3 is 1. The fraction of sp³-hybridized carbons (Fsp3) is 0.286. The first kappa shape index (κ1) is 18.0. The summed E-state index contributed by atoms with van der Waals surface area (Å²) >= 11 is 0. The molecule has 2 aromatic rings. The molecule has 0 aliphatic carbocycles. The maximum absolute atomic E-state index is 13.2. The van der Waals surface area contributed by atoms with Crippen molar-refractivity contribution in [3.8, 4) is 5.75 Å². The zero-order chi connectivity index (χ0) is 19.8. The summed E-state index contributed by atoms with van der Waals surface area (Å²) in [5, 5.41) is 9.50. The van der Waals surface area contributed by atoms with Gasteiger partial charge in [-0.2, -0.15) is 0 Å². The van der Waals surface area contributed by atoms with E-state index in [0.717, 1.165) is 0 Å². The summed E-state index contributed by atoms with van der Waals surface area (Å²) in [5.74, 6) is -2.03. The molecular weight excluding hydrogens is 360 g/mol. The number of rotatable bonds is 4. The van der Waals surface area contributed by atoms with Crippen LogP contribution in [0.5, 0.6) is 5.75 Å². The fourth-order valence-corrected chi connectivity index (χ4v) is 4.01. The molecule has 1 saturated heterocycles. The summed E-state index contributed by atoms with van der Waals surface area (Å²) in [6, 6.07) is 14.2. The molecule has 7 heteroatoms. The van der Waals surface area contributed by atoms with E-state index in [4.69, 9.17) is 4.74 Å². The van der Waals surface area contributed by atoms with Crippen molar-refractivity contribution in [2.24, 2.45) is 5.92 Å². The maximum atomic E-state index is 13.2. The van der Waals surface area contributed by atoms with Crippen molar-refractivity contribution >= 4 is 29.2 Å². The van der Waals surface area contributed by atoms with Crippen molar-refractivity contribution in [3.63, 3.8) is 0 Å². The molecule has 2 unspecified atom stereocenters. The van der Waals surface area contributed by atoms with Crippen LogP contribution in [-0.2, 0) is 14.4 Å². The van der Waals surface area contributed by atoms with Crippen molar-refractivity contribution in [1.82, 2.24) is 0 Å². The molecule has 0 bridgehead atoms. The Balaban J connectivity index is 1.59. The molecule has 2 heterocycles. The molecule has 2 amide bonds. The average molecular weight is 380 g/mol. The third-order valence-corrected chi connectivity index (χ3v) is 5.38. The largest absolute Gasteiger partial charge is 0.495 e. The predicted molar refractivity (Wildman–Crippen MR) is 103 cm³/mol. The van der Waals surface area contributed by atoms with Gasteiger partial charge in [0.15, 0.2) is 0 Å².